The highest BCUT2D eigenvalue weighted by atomic mass is 28.4. The SMILES string of the molecule is CC[C@@H](CO)CO[Si](C(C)C)(C(C)C)C(C)C. The molecule has 0 aliphatic rings. The van der Waals surface area contributed by atoms with Gasteiger partial charge < -0.3 is 9.53 Å². The van der Waals surface area contributed by atoms with Gasteiger partial charge in [-0.25, -0.2) is 0 Å². The molecule has 17 heavy (non-hydrogen) atoms. The lowest BCUT2D eigenvalue weighted by atomic mass is 10.1. The largest absolute Gasteiger partial charge is 0.416 e. The minimum Gasteiger partial charge on any atom is -0.416 e. The molecule has 0 rings (SSSR count). The number of rotatable bonds is 8. The Balaban J connectivity index is 4.81. The lowest BCUT2D eigenvalue weighted by Crippen LogP contribution is -2.48. The Morgan fingerprint density at radius 1 is 0.941 bits per heavy atom. The van der Waals surface area contributed by atoms with Crippen LogP contribution in [0.25, 0.3) is 0 Å². The van der Waals surface area contributed by atoms with Gasteiger partial charge in [0.25, 0.3) is 0 Å². The molecule has 1 N–H and O–H groups in total. The van der Waals surface area contributed by atoms with Crippen molar-refractivity contribution in [3.05, 3.63) is 0 Å². The van der Waals surface area contributed by atoms with Crippen LogP contribution in [-0.4, -0.2) is 26.6 Å². The molecule has 0 saturated carbocycles. The van der Waals surface area contributed by atoms with Crippen molar-refractivity contribution in [3.63, 3.8) is 0 Å². The Morgan fingerprint density at radius 3 is 1.59 bits per heavy atom. The quantitative estimate of drug-likeness (QED) is 0.663. The van der Waals surface area contributed by atoms with Crippen LogP contribution in [-0.2, 0) is 4.43 Å². The average molecular weight is 260 g/mol. The third-order valence-electron chi connectivity index (χ3n) is 4.11. The molecule has 0 spiro atoms. The zero-order valence-corrected chi connectivity index (χ0v) is 13.8. The summed E-state index contributed by atoms with van der Waals surface area (Å²) in [4.78, 5) is 0. The normalized spacial score (nSPS) is 15.0. The van der Waals surface area contributed by atoms with Crippen LogP contribution in [0.15, 0.2) is 0 Å². The summed E-state index contributed by atoms with van der Waals surface area (Å²) >= 11 is 0. The number of aliphatic hydroxyl groups is 1. The molecular formula is C14H32O2Si. The van der Waals surface area contributed by atoms with Gasteiger partial charge in [-0.05, 0) is 23.0 Å². The van der Waals surface area contributed by atoms with Gasteiger partial charge in [0, 0.05) is 19.1 Å². The highest BCUT2D eigenvalue weighted by Crippen LogP contribution is 2.42. The van der Waals surface area contributed by atoms with Gasteiger partial charge in [0.15, 0.2) is 8.32 Å². The molecule has 1 atom stereocenters. The van der Waals surface area contributed by atoms with E-state index >= 15 is 0 Å². The van der Waals surface area contributed by atoms with E-state index in [1.165, 1.54) is 0 Å². The summed E-state index contributed by atoms with van der Waals surface area (Å²) in [6, 6.07) is 0. The minimum atomic E-state index is -1.73. The molecule has 0 heterocycles. The fraction of sp³-hybridized carbons (Fsp3) is 1.00. The van der Waals surface area contributed by atoms with E-state index in [-0.39, 0.29) is 6.61 Å². The van der Waals surface area contributed by atoms with Gasteiger partial charge in [-0.15, -0.1) is 0 Å². The summed E-state index contributed by atoms with van der Waals surface area (Å²) in [6.45, 7) is 16.9. The summed E-state index contributed by atoms with van der Waals surface area (Å²) < 4.78 is 6.44. The van der Waals surface area contributed by atoms with Crippen LogP contribution < -0.4 is 0 Å². The molecule has 0 unspecified atom stereocenters. The maximum atomic E-state index is 9.27. The number of hydrogen-bond donors (Lipinski definition) is 1. The van der Waals surface area contributed by atoms with Crippen LogP contribution in [0.3, 0.4) is 0 Å². The average Bonchev–Trinajstić information content (AvgIpc) is 2.23. The first-order valence-corrected chi connectivity index (χ1v) is 9.21. The van der Waals surface area contributed by atoms with Crippen LogP contribution in [0.1, 0.15) is 54.9 Å². The first-order valence-electron chi connectivity index (χ1n) is 7.07. The van der Waals surface area contributed by atoms with Gasteiger partial charge in [0.1, 0.15) is 0 Å². The lowest BCUT2D eigenvalue weighted by Gasteiger charge is -2.42. The Bertz CT molecular complexity index is 177. The highest BCUT2D eigenvalue weighted by Gasteiger charge is 2.45. The van der Waals surface area contributed by atoms with E-state index in [2.05, 4.69) is 48.5 Å². The van der Waals surface area contributed by atoms with Crippen LogP contribution >= 0.6 is 0 Å². The minimum absolute atomic E-state index is 0.245. The second-order valence-electron chi connectivity index (χ2n) is 6.09. The zero-order valence-electron chi connectivity index (χ0n) is 12.8. The van der Waals surface area contributed by atoms with E-state index in [9.17, 15) is 5.11 Å². The topological polar surface area (TPSA) is 29.5 Å². The number of aliphatic hydroxyl groups excluding tert-OH is 1. The predicted molar refractivity (Wildman–Crippen MR) is 77.9 cm³/mol. The molecule has 104 valence electrons. The van der Waals surface area contributed by atoms with E-state index in [0.29, 0.717) is 22.5 Å². The molecule has 0 radical (unpaired) electrons. The van der Waals surface area contributed by atoms with Gasteiger partial charge in [-0.1, -0.05) is 48.5 Å². The molecule has 0 aromatic rings. The van der Waals surface area contributed by atoms with Gasteiger partial charge in [0.2, 0.25) is 0 Å². The summed E-state index contributed by atoms with van der Waals surface area (Å²) in [6.07, 6.45) is 0.995. The Labute approximate surface area is 109 Å². The lowest BCUT2D eigenvalue weighted by molar-refractivity contribution is 0.147. The van der Waals surface area contributed by atoms with Gasteiger partial charge in [0.05, 0.1) is 0 Å². The van der Waals surface area contributed by atoms with Crippen molar-refractivity contribution in [1.29, 1.82) is 0 Å². The van der Waals surface area contributed by atoms with Crippen molar-refractivity contribution >= 4 is 8.32 Å². The smallest absolute Gasteiger partial charge is 0.200 e. The van der Waals surface area contributed by atoms with Gasteiger partial charge in [-0.3, -0.25) is 0 Å². The molecule has 0 aromatic carbocycles. The van der Waals surface area contributed by atoms with Crippen molar-refractivity contribution < 1.29 is 9.53 Å². The van der Waals surface area contributed by atoms with Crippen molar-refractivity contribution in [3.8, 4) is 0 Å². The Morgan fingerprint density at radius 2 is 1.35 bits per heavy atom. The maximum absolute atomic E-state index is 9.27. The van der Waals surface area contributed by atoms with Gasteiger partial charge >= 0.3 is 0 Å². The maximum Gasteiger partial charge on any atom is 0.200 e. The fourth-order valence-electron chi connectivity index (χ4n) is 3.06. The van der Waals surface area contributed by atoms with Crippen LogP contribution in [0.2, 0.25) is 16.6 Å². The molecule has 0 bridgehead atoms. The first-order chi connectivity index (χ1) is 7.82. The standard InChI is InChI=1S/C14H32O2Si/c1-8-14(9-15)10-16-17(11(2)3,12(4)5)13(6)7/h11-15H,8-10H2,1-7H3/t14-/m0/s1. The molecule has 0 saturated heterocycles. The summed E-state index contributed by atoms with van der Waals surface area (Å²) in [5, 5.41) is 9.27. The van der Waals surface area contributed by atoms with Crippen molar-refractivity contribution in [2.45, 2.75) is 71.5 Å². The van der Waals surface area contributed by atoms with E-state index in [1.54, 1.807) is 0 Å². The summed E-state index contributed by atoms with van der Waals surface area (Å²) in [7, 11) is -1.73. The molecule has 3 heteroatoms. The Kier molecular flexibility index (Phi) is 7.61. The zero-order chi connectivity index (χ0) is 13.6. The highest BCUT2D eigenvalue weighted by molar-refractivity contribution is 6.77. The van der Waals surface area contributed by atoms with E-state index < -0.39 is 8.32 Å². The van der Waals surface area contributed by atoms with E-state index in [0.717, 1.165) is 13.0 Å². The third-order valence-corrected chi connectivity index (χ3v) is 10.2. The van der Waals surface area contributed by atoms with Crippen molar-refractivity contribution in [2.24, 2.45) is 5.92 Å². The summed E-state index contributed by atoms with van der Waals surface area (Å²) in [5.41, 5.74) is 1.87. The monoisotopic (exact) mass is 260 g/mol. The summed E-state index contributed by atoms with van der Waals surface area (Å²) in [5.74, 6) is 0.304. The molecule has 0 aromatic heterocycles. The molecule has 2 nitrogen and oxygen atoms in total. The second-order valence-corrected chi connectivity index (χ2v) is 11.5. The second kappa shape index (κ2) is 7.55. The number of hydrogen-bond acceptors (Lipinski definition) is 2. The molecule has 0 aliphatic heterocycles. The van der Waals surface area contributed by atoms with Crippen molar-refractivity contribution in [1.82, 2.24) is 0 Å². The molecular weight excluding hydrogens is 228 g/mol. The van der Waals surface area contributed by atoms with Crippen LogP contribution in [0.4, 0.5) is 0 Å². The Hall–Kier alpha value is 0.137. The van der Waals surface area contributed by atoms with E-state index in [1.807, 2.05) is 0 Å². The van der Waals surface area contributed by atoms with Crippen molar-refractivity contribution in [2.75, 3.05) is 13.2 Å². The van der Waals surface area contributed by atoms with Crippen LogP contribution in [0, 0.1) is 5.92 Å². The third kappa shape index (κ3) is 4.07. The van der Waals surface area contributed by atoms with Crippen LogP contribution in [0.5, 0.6) is 0 Å². The van der Waals surface area contributed by atoms with Gasteiger partial charge in [-0.2, -0.15) is 0 Å². The molecule has 0 aliphatic carbocycles. The molecule has 0 amide bonds. The van der Waals surface area contributed by atoms with E-state index in [4.69, 9.17) is 4.43 Å². The molecule has 0 fully saturated rings. The predicted octanol–water partition coefficient (Wildman–Crippen LogP) is 4.20. The fourth-order valence-corrected chi connectivity index (χ4v) is 8.59. The first kappa shape index (κ1) is 17.1.